The van der Waals surface area contributed by atoms with Gasteiger partial charge >= 0.3 is 0 Å². The van der Waals surface area contributed by atoms with Crippen LogP contribution in [0.25, 0.3) is 22.0 Å². The molecule has 1 fully saturated rings. The molecule has 0 unspecified atom stereocenters. The van der Waals surface area contributed by atoms with Gasteiger partial charge in [-0.05, 0) is 43.0 Å². The first-order chi connectivity index (χ1) is 16.5. The predicted octanol–water partition coefficient (Wildman–Crippen LogP) is 4.58. The smallest absolute Gasteiger partial charge is 0.272 e. The number of nitrogens with one attached hydrogen (secondary N) is 1. The summed E-state index contributed by atoms with van der Waals surface area (Å²) in [4.78, 5) is 28.5. The fourth-order valence-corrected chi connectivity index (χ4v) is 4.82. The van der Waals surface area contributed by atoms with Crippen LogP contribution in [0.3, 0.4) is 0 Å². The molecule has 1 saturated heterocycles. The van der Waals surface area contributed by atoms with Crippen molar-refractivity contribution in [2.24, 2.45) is 7.05 Å². The lowest BCUT2D eigenvalue weighted by molar-refractivity contribution is 0.0676. The Labute approximate surface area is 199 Å². The zero-order chi connectivity index (χ0) is 23.7. The lowest BCUT2D eigenvalue weighted by Crippen LogP contribution is -2.49. The number of amides is 2. The molecule has 0 spiro atoms. The van der Waals surface area contributed by atoms with Crippen molar-refractivity contribution in [2.45, 2.75) is 25.8 Å². The third-order valence-corrected chi connectivity index (χ3v) is 6.50. The van der Waals surface area contributed by atoms with Crippen LogP contribution in [0.15, 0.2) is 72.8 Å². The second-order valence-electron chi connectivity index (χ2n) is 8.97. The molecule has 3 aromatic carbocycles. The van der Waals surface area contributed by atoms with E-state index in [0.717, 1.165) is 40.4 Å². The second kappa shape index (κ2) is 9.14. The molecule has 1 aliphatic heterocycles. The number of rotatable bonds is 4. The monoisotopic (exact) mass is 452 g/mol. The summed E-state index contributed by atoms with van der Waals surface area (Å²) in [6.45, 7) is 3.22. The minimum absolute atomic E-state index is 0.000610. The molecule has 6 heteroatoms. The van der Waals surface area contributed by atoms with E-state index in [0.29, 0.717) is 24.3 Å². The molecule has 34 heavy (non-hydrogen) atoms. The van der Waals surface area contributed by atoms with Crippen molar-refractivity contribution in [2.75, 3.05) is 13.1 Å². The summed E-state index contributed by atoms with van der Waals surface area (Å²) >= 11 is 0. The van der Waals surface area contributed by atoms with Crippen LogP contribution in [-0.2, 0) is 7.05 Å². The molecule has 6 nitrogen and oxygen atoms in total. The van der Waals surface area contributed by atoms with Gasteiger partial charge in [0, 0.05) is 37.1 Å². The number of aromatic nitrogens is 2. The highest BCUT2D eigenvalue weighted by Gasteiger charge is 2.28. The van der Waals surface area contributed by atoms with Crippen LogP contribution in [0.2, 0.25) is 0 Å². The second-order valence-corrected chi connectivity index (χ2v) is 8.97. The topological polar surface area (TPSA) is 67.2 Å². The minimum atomic E-state index is -0.198. The van der Waals surface area contributed by atoms with E-state index in [2.05, 4.69) is 29.5 Å². The highest BCUT2D eigenvalue weighted by atomic mass is 16.2. The van der Waals surface area contributed by atoms with Crippen molar-refractivity contribution < 1.29 is 9.59 Å². The van der Waals surface area contributed by atoms with Crippen LogP contribution in [0.1, 0.15) is 39.3 Å². The Morgan fingerprint density at radius 3 is 2.65 bits per heavy atom. The molecule has 5 rings (SSSR count). The summed E-state index contributed by atoms with van der Waals surface area (Å²) in [5, 5.41) is 8.39. The van der Waals surface area contributed by atoms with Crippen LogP contribution < -0.4 is 5.32 Å². The number of carbonyl (C=O) groups is 2. The van der Waals surface area contributed by atoms with Crippen molar-refractivity contribution in [1.82, 2.24) is 20.0 Å². The molecule has 1 atom stereocenters. The molecule has 0 saturated carbocycles. The average Bonchev–Trinajstić information content (AvgIpc) is 3.20. The maximum atomic E-state index is 13.6. The Kier molecular flexibility index (Phi) is 5.88. The van der Waals surface area contributed by atoms with Gasteiger partial charge < -0.3 is 10.2 Å². The van der Waals surface area contributed by atoms with E-state index in [9.17, 15) is 9.59 Å². The fraction of sp³-hybridized carbons (Fsp3) is 0.250. The number of piperidine rings is 1. The van der Waals surface area contributed by atoms with E-state index in [4.69, 9.17) is 0 Å². The van der Waals surface area contributed by atoms with Gasteiger partial charge in [-0.2, -0.15) is 5.10 Å². The van der Waals surface area contributed by atoms with Gasteiger partial charge in [0.2, 0.25) is 0 Å². The molecular formula is C28H28N4O2. The van der Waals surface area contributed by atoms with Gasteiger partial charge in [-0.1, -0.05) is 66.2 Å². The predicted molar refractivity (Wildman–Crippen MR) is 134 cm³/mol. The first-order valence-corrected chi connectivity index (χ1v) is 11.7. The maximum Gasteiger partial charge on any atom is 0.272 e. The molecule has 0 bridgehead atoms. The summed E-state index contributed by atoms with van der Waals surface area (Å²) < 4.78 is 1.73. The van der Waals surface area contributed by atoms with Crippen LogP contribution in [0.4, 0.5) is 0 Å². The molecule has 172 valence electrons. The van der Waals surface area contributed by atoms with Gasteiger partial charge in [-0.15, -0.1) is 0 Å². The zero-order valence-electron chi connectivity index (χ0n) is 19.5. The number of carbonyl (C=O) groups excluding carboxylic acids is 2. The molecule has 2 amide bonds. The van der Waals surface area contributed by atoms with Crippen LogP contribution in [0.5, 0.6) is 0 Å². The number of para-hydroxylation sites is 1. The molecule has 4 aromatic rings. The standard InChI is InChI=1S/C28H28N4O2/c1-19-9-7-10-20(17-19)22-12-3-4-13-23(22)28(34)32-16-8-11-21(18-32)29-27(33)26-24-14-5-6-15-25(24)31(2)30-26/h3-7,9-10,12-15,17,21H,8,11,16,18H2,1-2H3,(H,29,33)/t21-/m1/s1. The lowest BCUT2D eigenvalue weighted by Gasteiger charge is -2.33. The quantitative estimate of drug-likeness (QED) is 0.493. The van der Waals surface area contributed by atoms with Gasteiger partial charge in [0.25, 0.3) is 11.8 Å². The van der Waals surface area contributed by atoms with Gasteiger partial charge in [-0.3, -0.25) is 14.3 Å². The van der Waals surface area contributed by atoms with Crippen molar-refractivity contribution in [3.05, 3.63) is 89.6 Å². The lowest BCUT2D eigenvalue weighted by atomic mass is 9.96. The van der Waals surface area contributed by atoms with Crippen molar-refractivity contribution >= 4 is 22.7 Å². The molecule has 0 aliphatic carbocycles. The first kappa shape index (κ1) is 21.9. The number of fused-ring (bicyclic) bond motifs is 1. The largest absolute Gasteiger partial charge is 0.346 e. The number of likely N-dealkylation sites (tertiary alicyclic amines) is 1. The van der Waals surface area contributed by atoms with Gasteiger partial charge in [0.15, 0.2) is 5.69 Å². The first-order valence-electron chi connectivity index (χ1n) is 11.7. The van der Waals surface area contributed by atoms with E-state index in [1.165, 1.54) is 0 Å². The summed E-state index contributed by atoms with van der Waals surface area (Å²) in [6.07, 6.45) is 1.67. The Balaban J connectivity index is 1.34. The molecule has 1 aromatic heterocycles. The van der Waals surface area contributed by atoms with E-state index >= 15 is 0 Å². The summed E-state index contributed by atoms with van der Waals surface area (Å²) in [5.41, 5.74) is 5.15. The Morgan fingerprint density at radius 2 is 1.79 bits per heavy atom. The van der Waals surface area contributed by atoms with Crippen LogP contribution in [-0.4, -0.2) is 45.6 Å². The third-order valence-electron chi connectivity index (χ3n) is 6.50. The maximum absolute atomic E-state index is 13.6. The van der Waals surface area contributed by atoms with Crippen molar-refractivity contribution in [3.8, 4) is 11.1 Å². The zero-order valence-corrected chi connectivity index (χ0v) is 19.5. The van der Waals surface area contributed by atoms with Gasteiger partial charge in [-0.25, -0.2) is 0 Å². The minimum Gasteiger partial charge on any atom is -0.346 e. The van der Waals surface area contributed by atoms with Gasteiger partial charge in [0.1, 0.15) is 0 Å². The highest BCUT2D eigenvalue weighted by Crippen LogP contribution is 2.27. The molecule has 1 aliphatic rings. The van der Waals surface area contributed by atoms with E-state index in [1.54, 1.807) is 4.68 Å². The Bertz CT molecular complexity index is 1370. The average molecular weight is 453 g/mol. The van der Waals surface area contributed by atoms with Crippen molar-refractivity contribution in [3.63, 3.8) is 0 Å². The molecule has 1 N–H and O–H groups in total. The van der Waals surface area contributed by atoms with E-state index < -0.39 is 0 Å². The normalized spacial score (nSPS) is 15.9. The highest BCUT2D eigenvalue weighted by molar-refractivity contribution is 6.05. The molecule has 2 heterocycles. The van der Waals surface area contributed by atoms with E-state index in [-0.39, 0.29) is 17.9 Å². The number of hydrogen-bond acceptors (Lipinski definition) is 3. The van der Waals surface area contributed by atoms with Crippen LogP contribution in [0, 0.1) is 6.92 Å². The van der Waals surface area contributed by atoms with Crippen LogP contribution >= 0.6 is 0 Å². The van der Waals surface area contributed by atoms with Gasteiger partial charge in [0.05, 0.1) is 5.52 Å². The SMILES string of the molecule is Cc1cccc(-c2ccccc2C(=O)N2CCC[C@@H](NC(=O)c3nn(C)c4ccccc34)C2)c1. The number of benzene rings is 3. The summed E-state index contributed by atoms with van der Waals surface area (Å²) in [5.74, 6) is -0.199. The number of nitrogens with zero attached hydrogens (tertiary/aromatic N) is 3. The summed E-state index contributed by atoms with van der Waals surface area (Å²) in [6, 6.07) is 23.6. The number of aryl methyl sites for hydroxylation is 2. The Hall–Kier alpha value is -3.93. The van der Waals surface area contributed by atoms with Crippen molar-refractivity contribution in [1.29, 1.82) is 0 Å². The molecular weight excluding hydrogens is 424 g/mol. The van der Waals surface area contributed by atoms with E-state index in [1.807, 2.05) is 72.6 Å². The fourth-order valence-electron chi connectivity index (χ4n) is 4.82. The Morgan fingerprint density at radius 1 is 1.00 bits per heavy atom. The third kappa shape index (κ3) is 4.19. The number of hydrogen-bond donors (Lipinski definition) is 1. The molecule has 0 radical (unpaired) electrons. The summed E-state index contributed by atoms with van der Waals surface area (Å²) in [7, 11) is 1.84.